The van der Waals surface area contributed by atoms with Crippen LogP contribution in [0.2, 0.25) is 0 Å². The van der Waals surface area contributed by atoms with Gasteiger partial charge in [-0.2, -0.15) is 0 Å². The maximum Gasteiger partial charge on any atom is 0.354 e. The third-order valence-electron chi connectivity index (χ3n) is 3.80. The number of nitrogens with zero attached hydrogens (tertiary/aromatic N) is 2. The van der Waals surface area contributed by atoms with Gasteiger partial charge < -0.3 is 10.0 Å². The maximum absolute atomic E-state index is 11.0. The number of aromatic nitrogens is 1. The molecule has 1 aromatic heterocycles. The highest BCUT2D eigenvalue weighted by Crippen LogP contribution is 2.27. The number of carbonyl (C=O) groups is 1. The van der Waals surface area contributed by atoms with Crippen LogP contribution in [0.4, 0.5) is 5.82 Å². The number of aromatic carboxylic acids is 1. The summed E-state index contributed by atoms with van der Waals surface area (Å²) in [6, 6.07) is 5.65. The van der Waals surface area contributed by atoms with E-state index in [1.165, 1.54) is 18.9 Å². The normalized spacial score (nSPS) is 24.0. The molecule has 18 heavy (non-hydrogen) atoms. The minimum absolute atomic E-state index is 0.123. The van der Waals surface area contributed by atoms with Crippen LogP contribution >= 0.6 is 0 Å². The Kier molecular flexibility index (Phi) is 3.84. The van der Waals surface area contributed by atoms with Crippen LogP contribution in [0.15, 0.2) is 18.2 Å². The second kappa shape index (κ2) is 5.38. The van der Waals surface area contributed by atoms with Crippen molar-refractivity contribution in [3.05, 3.63) is 23.9 Å². The predicted molar refractivity (Wildman–Crippen MR) is 71.0 cm³/mol. The largest absolute Gasteiger partial charge is 0.477 e. The van der Waals surface area contributed by atoms with Crippen molar-refractivity contribution in [3.63, 3.8) is 0 Å². The Balaban J connectivity index is 2.23. The van der Waals surface area contributed by atoms with E-state index in [-0.39, 0.29) is 5.69 Å². The molecule has 1 saturated heterocycles. The van der Waals surface area contributed by atoms with E-state index in [2.05, 4.69) is 23.7 Å². The topological polar surface area (TPSA) is 53.4 Å². The van der Waals surface area contributed by atoms with E-state index in [0.717, 1.165) is 18.8 Å². The van der Waals surface area contributed by atoms with Gasteiger partial charge in [-0.1, -0.05) is 19.4 Å². The smallest absolute Gasteiger partial charge is 0.354 e. The van der Waals surface area contributed by atoms with Crippen molar-refractivity contribution in [2.24, 2.45) is 5.92 Å². The summed E-state index contributed by atoms with van der Waals surface area (Å²) in [5, 5.41) is 8.99. The van der Waals surface area contributed by atoms with Crippen molar-refractivity contribution in [2.75, 3.05) is 11.4 Å². The van der Waals surface area contributed by atoms with Gasteiger partial charge in [0.1, 0.15) is 5.82 Å². The molecule has 0 amide bonds. The zero-order valence-corrected chi connectivity index (χ0v) is 11.0. The van der Waals surface area contributed by atoms with Gasteiger partial charge in [0, 0.05) is 12.6 Å². The third-order valence-corrected chi connectivity index (χ3v) is 3.80. The van der Waals surface area contributed by atoms with Gasteiger partial charge in [-0.3, -0.25) is 0 Å². The fourth-order valence-electron chi connectivity index (χ4n) is 2.54. The number of rotatable bonds is 3. The number of piperidine rings is 1. The molecule has 0 aromatic carbocycles. The van der Waals surface area contributed by atoms with E-state index in [9.17, 15) is 4.79 Å². The van der Waals surface area contributed by atoms with Crippen molar-refractivity contribution in [1.29, 1.82) is 0 Å². The Bertz CT molecular complexity index is 434. The molecule has 1 aliphatic heterocycles. The molecule has 2 atom stereocenters. The monoisotopic (exact) mass is 248 g/mol. The van der Waals surface area contributed by atoms with Crippen molar-refractivity contribution >= 4 is 11.8 Å². The molecule has 0 spiro atoms. The minimum Gasteiger partial charge on any atom is -0.477 e. The number of hydrogen-bond donors (Lipinski definition) is 1. The fourth-order valence-corrected chi connectivity index (χ4v) is 2.54. The van der Waals surface area contributed by atoms with Gasteiger partial charge in [0.05, 0.1) is 0 Å². The van der Waals surface area contributed by atoms with Gasteiger partial charge in [0.2, 0.25) is 0 Å². The number of anilines is 1. The second-order valence-corrected chi connectivity index (χ2v) is 5.04. The van der Waals surface area contributed by atoms with E-state index >= 15 is 0 Å². The van der Waals surface area contributed by atoms with Crippen LogP contribution in [-0.4, -0.2) is 28.6 Å². The second-order valence-electron chi connectivity index (χ2n) is 5.04. The van der Waals surface area contributed by atoms with Crippen LogP contribution in [0.25, 0.3) is 0 Å². The maximum atomic E-state index is 11.0. The molecule has 0 aliphatic carbocycles. The summed E-state index contributed by atoms with van der Waals surface area (Å²) in [6.07, 6.45) is 3.58. The molecule has 2 heterocycles. The predicted octanol–water partition coefficient (Wildman–Crippen LogP) is 2.79. The first-order chi connectivity index (χ1) is 8.61. The highest BCUT2D eigenvalue weighted by Gasteiger charge is 2.25. The molecule has 0 saturated carbocycles. The van der Waals surface area contributed by atoms with Crippen LogP contribution in [0.3, 0.4) is 0 Å². The van der Waals surface area contributed by atoms with Crippen molar-refractivity contribution in [3.8, 4) is 0 Å². The molecular formula is C14H20N2O2. The Morgan fingerprint density at radius 3 is 2.94 bits per heavy atom. The first kappa shape index (κ1) is 12.9. The third kappa shape index (κ3) is 2.63. The quantitative estimate of drug-likeness (QED) is 0.893. The summed E-state index contributed by atoms with van der Waals surface area (Å²) >= 11 is 0. The van der Waals surface area contributed by atoms with Crippen LogP contribution < -0.4 is 4.90 Å². The Hall–Kier alpha value is -1.58. The molecule has 0 radical (unpaired) electrons. The SMILES string of the molecule is CC[C@@H]1CC[C@H](C)N(c2cccc(C(=O)O)n2)C1. The fraction of sp³-hybridized carbons (Fsp3) is 0.571. The van der Waals surface area contributed by atoms with E-state index < -0.39 is 5.97 Å². The lowest BCUT2D eigenvalue weighted by molar-refractivity contribution is 0.0690. The van der Waals surface area contributed by atoms with Crippen LogP contribution in [0, 0.1) is 5.92 Å². The lowest BCUT2D eigenvalue weighted by atomic mass is 9.91. The minimum atomic E-state index is -0.964. The Morgan fingerprint density at radius 2 is 2.28 bits per heavy atom. The molecule has 1 fully saturated rings. The summed E-state index contributed by atoms with van der Waals surface area (Å²) in [4.78, 5) is 17.4. The molecule has 0 bridgehead atoms. The van der Waals surface area contributed by atoms with E-state index in [4.69, 9.17) is 5.11 Å². The van der Waals surface area contributed by atoms with Gasteiger partial charge in [-0.05, 0) is 37.8 Å². The lowest BCUT2D eigenvalue weighted by Crippen LogP contribution is -2.42. The molecule has 98 valence electrons. The van der Waals surface area contributed by atoms with Crippen molar-refractivity contribution < 1.29 is 9.90 Å². The van der Waals surface area contributed by atoms with Gasteiger partial charge in [-0.25, -0.2) is 9.78 Å². The number of carboxylic acids is 1. The van der Waals surface area contributed by atoms with E-state index in [1.54, 1.807) is 6.07 Å². The summed E-state index contributed by atoms with van der Waals surface area (Å²) in [7, 11) is 0. The average Bonchev–Trinajstić information content (AvgIpc) is 2.39. The van der Waals surface area contributed by atoms with Crippen LogP contribution in [-0.2, 0) is 0 Å². The molecule has 1 N–H and O–H groups in total. The number of hydrogen-bond acceptors (Lipinski definition) is 3. The molecule has 1 aromatic rings. The van der Waals surface area contributed by atoms with Gasteiger partial charge in [-0.15, -0.1) is 0 Å². The standard InChI is InChI=1S/C14H20N2O2/c1-3-11-8-7-10(2)16(9-11)13-6-4-5-12(15-13)14(17)18/h4-6,10-11H,3,7-9H2,1-2H3,(H,17,18)/t10-,11+/m0/s1. The van der Waals surface area contributed by atoms with Crippen LogP contribution in [0.5, 0.6) is 0 Å². The number of carboxylic acid groups (broad SMARTS) is 1. The summed E-state index contributed by atoms with van der Waals surface area (Å²) in [6.45, 7) is 5.37. The highest BCUT2D eigenvalue weighted by atomic mass is 16.4. The molecule has 1 aliphatic rings. The number of pyridine rings is 1. The van der Waals surface area contributed by atoms with Gasteiger partial charge >= 0.3 is 5.97 Å². The highest BCUT2D eigenvalue weighted by molar-refractivity contribution is 5.85. The Labute approximate surface area is 108 Å². The molecule has 4 heteroatoms. The van der Waals surface area contributed by atoms with Gasteiger partial charge in [0.15, 0.2) is 5.69 Å². The first-order valence-corrected chi connectivity index (χ1v) is 6.58. The summed E-state index contributed by atoms with van der Waals surface area (Å²) in [5.41, 5.74) is 0.123. The van der Waals surface area contributed by atoms with Crippen LogP contribution in [0.1, 0.15) is 43.6 Å². The van der Waals surface area contributed by atoms with Gasteiger partial charge in [0.25, 0.3) is 0 Å². The summed E-state index contributed by atoms with van der Waals surface area (Å²) in [5.74, 6) is 0.519. The van der Waals surface area contributed by atoms with E-state index in [1.807, 2.05) is 6.07 Å². The zero-order valence-electron chi connectivity index (χ0n) is 11.0. The van der Waals surface area contributed by atoms with E-state index in [0.29, 0.717) is 12.0 Å². The Morgan fingerprint density at radius 1 is 1.50 bits per heavy atom. The molecule has 2 rings (SSSR count). The van der Waals surface area contributed by atoms with Crippen molar-refractivity contribution in [2.45, 2.75) is 39.2 Å². The molecule has 4 nitrogen and oxygen atoms in total. The lowest BCUT2D eigenvalue weighted by Gasteiger charge is -2.38. The first-order valence-electron chi connectivity index (χ1n) is 6.58. The summed E-state index contributed by atoms with van der Waals surface area (Å²) < 4.78 is 0. The zero-order chi connectivity index (χ0) is 13.1. The molecule has 0 unspecified atom stereocenters. The molecular weight excluding hydrogens is 228 g/mol. The van der Waals surface area contributed by atoms with Crippen molar-refractivity contribution in [1.82, 2.24) is 4.98 Å². The average molecular weight is 248 g/mol.